The lowest BCUT2D eigenvalue weighted by Crippen LogP contribution is -1.88. The summed E-state index contributed by atoms with van der Waals surface area (Å²) < 4.78 is 5.31. The SMILES string of the molecule is CC(C)c1coc(-c2cccc(C=O)c2O)n1. The van der Waals surface area contributed by atoms with E-state index < -0.39 is 0 Å². The second-order valence-electron chi connectivity index (χ2n) is 4.09. The third-order valence-corrected chi connectivity index (χ3v) is 2.54. The highest BCUT2D eigenvalue weighted by Crippen LogP contribution is 2.31. The number of phenols is 1. The van der Waals surface area contributed by atoms with Gasteiger partial charge in [0.05, 0.1) is 16.8 Å². The van der Waals surface area contributed by atoms with Gasteiger partial charge in [-0.05, 0) is 18.1 Å². The summed E-state index contributed by atoms with van der Waals surface area (Å²) in [5.74, 6) is 0.485. The van der Waals surface area contributed by atoms with Gasteiger partial charge in [-0.2, -0.15) is 0 Å². The number of aromatic hydroxyl groups is 1. The second-order valence-corrected chi connectivity index (χ2v) is 4.09. The van der Waals surface area contributed by atoms with Crippen LogP contribution in [0.15, 0.2) is 28.9 Å². The molecule has 2 rings (SSSR count). The normalized spacial score (nSPS) is 10.8. The lowest BCUT2D eigenvalue weighted by atomic mass is 10.1. The molecule has 0 bridgehead atoms. The minimum absolute atomic E-state index is 0.0975. The van der Waals surface area contributed by atoms with Gasteiger partial charge >= 0.3 is 0 Å². The van der Waals surface area contributed by atoms with Gasteiger partial charge in [-0.25, -0.2) is 4.98 Å². The zero-order valence-corrected chi connectivity index (χ0v) is 9.68. The fraction of sp³-hybridized carbons (Fsp3) is 0.231. The molecule has 88 valence electrons. The van der Waals surface area contributed by atoms with E-state index in [9.17, 15) is 9.90 Å². The van der Waals surface area contributed by atoms with Crippen LogP contribution in [0.1, 0.15) is 35.8 Å². The Morgan fingerprint density at radius 3 is 2.76 bits per heavy atom. The molecule has 0 spiro atoms. The monoisotopic (exact) mass is 231 g/mol. The number of rotatable bonds is 3. The van der Waals surface area contributed by atoms with Crippen LogP contribution in [0.2, 0.25) is 0 Å². The summed E-state index contributed by atoms with van der Waals surface area (Å²) in [5.41, 5.74) is 1.48. The Morgan fingerprint density at radius 2 is 2.18 bits per heavy atom. The lowest BCUT2D eigenvalue weighted by Gasteiger charge is -2.02. The lowest BCUT2D eigenvalue weighted by molar-refractivity contribution is 0.112. The number of nitrogens with zero attached hydrogens (tertiary/aromatic N) is 1. The Balaban J connectivity index is 2.49. The van der Waals surface area contributed by atoms with Crippen LogP contribution in [0.25, 0.3) is 11.5 Å². The van der Waals surface area contributed by atoms with Crippen molar-refractivity contribution in [3.63, 3.8) is 0 Å². The maximum atomic E-state index is 10.7. The van der Waals surface area contributed by atoms with E-state index in [0.29, 0.717) is 17.7 Å². The van der Waals surface area contributed by atoms with Crippen molar-refractivity contribution in [3.05, 3.63) is 35.7 Å². The van der Waals surface area contributed by atoms with Crippen LogP contribution in [0.4, 0.5) is 0 Å². The number of oxazole rings is 1. The van der Waals surface area contributed by atoms with Gasteiger partial charge in [0.25, 0.3) is 0 Å². The molecule has 17 heavy (non-hydrogen) atoms. The smallest absolute Gasteiger partial charge is 0.229 e. The Bertz CT molecular complexity index is 543. The van der Waals surface area contributed by atoms with Crippen LogP contribution in [0, 0.1) is 0 Å². The van der Waals surface area contributed by atoms with Crippen molar-refractivity contribution in [1.82, 2.24) is 4.98 Å². The molecule has 1 heterocycles. The second kappa shape index (κ2) is 4.41. The summed E-state index contributed by atoms with van der Waals surface area (Å²) in [7, 11) is 0. The van der Waals surface area contributed by atoms with Crippen LogP contribution in [0.5, 0.6) is 5.75 Å². The van der Waals surface area contributed by atoms with E-state index in [-0.39, 0.29) is 17.2 Å². The molecular weight excluding hydrogens is 218 g/mol. The van der Waals surface area contributed by atoms with Gasteiger partial charge in [0.1, 0.15) is 12.0 Å². The van der Waals surface area contributed by atoms with Gasteiger partial charge in [0.2, 0.25) is 5.89 Å². The summed E-state index contributed by atoms with van der Waals surface area (Å²) >= 11 is 0. The molecule has 0 radical (unpaired) electrons. The number of benzene rings is 1. The van der Waals surface area contributed by atoms with E-state index >= 15 is 0 Å². The van der Waals surface area contributed by atoms with Crippen LogP contribution in [-0.2, 0) is 0 Å². The number of hydrogen-bond acceptors (Lipinski definition) is 4. The van der Waals surface area contributed by atoms with E-state index in [4.69, 9.17) is 4.42 Å². The largest absolute Gasteiger partial charge is 0.506 e. The first-order valence-electron chi connectivity index (χ1n) is 5.36. The summed E-state index contributed by atoms with van der Waals surface area (Å²) in [4.78, 5) is 15.0. The van der Waals surface area contributed by atoms with E-state index in [1.165, 1.54) is 6.07 Å². The zero-order chi connectivity index (χ0) is 12.4. The van der Waals surface area contributed by atoms with Crippen molar-refractivity contribution in [2.75, 3.05) is 0 Å². The standard InChI is InChI=1S/C13H13NO3/c1-8(2)11-7-17-13(14-11)10-5-3-4-9(6-15)12(10)16/h3-8,16H,1-2H3. The van der Waals surface area contributed by atoms with Crippen LogP contribution in [-0.4, -0.2) is 16.4 Å². The van der Waals surface area contributed by atoms with Gasteiger partial charge in [-0.1, -0.05) is 19.9 Å². The molecule has 1 aromatic carbocycles. The van der Waals surface area contributed by atoms with Crippen molar-refractivity contribution in [3.8, 4) is 17.2 Å². The first-order chi connectivity index (χ1) is 8.13. The molecule has 4 heteroatoms. The molecule has 0 aliphatic heterocycles. The molecule has 0 fully saturated rings. The first kappa shape index (κ1) is 11.4. The maximum absolute atomic E-state index is 10.7. The van der Waals surface area contributed by atoms with E-state index in [2.05, 4.69) is 4.98 Å². The summed E-state index contributed by atoms with van der Waals surface area (Å²) in [6.07, 6.45) is 2.16. The number of para-hydroxylation sites is 1. The first-order valence-corrected chi connectivity index (χ1v) is 5.36. The fourth-order valence-corrected chi connectivity index (χ4v) is 1.50. The molecule has 0 atom stereocenters. The number of carbonyl (C=O) groups excluding carboxylic acids is 1. The number of hydrogen-bond donors (Lipinski definition) is 1. The van der Waals surface area contributed by atoms with Crippen LogP contribution >= 0.6 is 0 Å². The number of phenolic OH excluding ortho intramolecular Hbond substituents is 1. The Morgan fingerprint density at radius 1 is 1.41 bits per heavy atom. The molecule has 2 aromatic rings. The molecule has 0 saturated heterocycles. The van der Waals surface area contributed by atoms with Crippen LogP contribution < -0.4 is 0 Å². The minimum Gasteiger partial charge on any atom is -0.506 e. The molecule has 0 amide bonds. The van der Waals surface area contributed by atoms with Gasteiger partial charge in [0.15, 0.2) is 6.29 Å². The van der Waals surface area contributed by atoms with Crippen molar-refractivity contribution in [2.24, 2.45) is 0 Å². The molecule has 0 unspecified atom stereocenters. The maximum Gasteiger partial charge on any atom is 0.229 e. The van der Waals surface area contributed by atoms with Crippen molar-refractivity contribution < 1.29 is 14.3 Å². The van der Waals surface area contributed by atoms with Crippen LogP contribution in [0.3, 0.4) is 0 Å². The third kappa shape index (κ3) is 2.06. The topological polar surface area (TPSA) is 63.3 Å². The van der Waals surface area contributed by atoms with Gasteiger partial charge in [0, 0.05) is 0 Å². The molecule has 0 aliphatic carbocycles. The highest BCUT2D eigenvalue weighted by Gasteiger charge is 2.14. The quantitative estimate of drug-likeness (QED) is 0.825. The van der Waals surface area contributed by atoms with E-state index in [1.54, 1.807) is 18.4 Å². The van der Waals surface area contributed by atoms with Gasteiger partial charge < -0.3 is 9.52 Å². The number of carbonyl (C=O) groups is 1. The fourth-order valence-electron chi connectivity index (χ4n) is 1.50. The van der Waals surface area contributed by atoms with E-state index in [1.807, 2.05) is 13.8 Å². The number of aldehydes is 1. The Kier molecular flexibility index (Phi) is 2.95. The van der Waals surface area contributed by atoms with Crippen molar-refractivity contribution in [1.29, 1.82) is 0 Å². The Hall–Kier alpha value is -2.10. The average molecular weight is 231 g/mol. The molecule has 1 N–H and O–H groups in total. The molecule has 0 aliphatic rings. The van der Waals surface area contributed by atoms with Crippen molar-refractivity contribution in [2.45, 2.75) is 19.8 Å². The molecule has 0 saturated carbocycles. The Labute approximate surface area is 98.9 Å². The van der Waals surface area contributed by atoms with Gasteiger partial charge in [-0.15, -0.1) is 0 Å². The predicted octanol–water partition coefficient (Wildman–Crippen LogP) is 2.98. The zero-order valence-electron chi connectivity index (χ0n) is 9.68. The highest BCUT2D eigenvalue weighted by atomic mass is 16.3. The van der Waals surface area contributed by atoms with Crippen molar-refractivity contribution >= 4 is 6.29 Å². The summed E-state index contributed by atoms with van der Waals surface area (Å²) in [5, 5.41) is 9.86. The molecule has 4 nitrogen and oxygen atoms in total. The predicted molar refractivity (Wildman–Crippen MR) is 63.1 cm³/mol. The summed E-state index contributed by atoms with van der Waals surface area (Å²) in [6.45, 7) is 4.01. The minimum atomic E-state index is -0.0975. The highest BCUT2D eigenvalue weighted by molar-refractivity contribution is 5.84. The number of aromatic nitrogens is 1. The third-order valence-electron chi connectivity index (χ3n) is 2.54. The summed E-state index contributed by atoms with van der Waals surface area (Å²) in [6, 6.07) is 4.88. The average Bonchev–Trinajstić information content (AvgIpc) is 2.78. The van der Waals surface area contributed by atoms with E-state index in [0.717, 1.165) is 5.69 Å². The van der Waals surface area contributed by atoms with Gasteiger partial charge in [-0.3, -0.25) is 4.79 Å². The molecular formula is C13H13NO3. The molecule has 1 aromatic heterocycles.